The smallest absolute Gasteiger partial charge is 0.123 e. The molecular weight excluding hydrogens is 139 g/mol. The van der Waals surface area contributed by atoms with Crippen LogP contribution in [0.2, 0.25) is 0 Å². The second-order valence-corrected chi connectivity index (χ2v) is 3.76. The molecule has 0 aliphatic heterocycles. The lowest BCUT2D eigenvalue weighted by Gasteiger charge is -2.18. The Balaban J connectivity index is 2.99. The minimum Gasteiger partial charge on any atom is -0.207 e. The van der Waals surface area contributed by atoms with Crippen molar-refractivity contribution in [1.29, 1.82) is 0 Å². The standard InChI is InChI=1S/C10H13F/c1-10(2,3)8-4-6-9(11)7-5-8/h4-7H,1-3H3. The molecule has 0 saturated heterocycles. The van der Waals surface area contributed by atoms with Gasteiger partial charge in [0.2, 0.25) is 0 Å². The monoisotopic (exact) mass is 152 g/mol. The maximum atomic E-state index is 12.5. The van der Waals surface area contributed by atoms with E-state index in [1.54, 1.807) is 0 Å². The van der Waals surface area contributed by atoms with E-state index in [0.717, 1.165) is 0 Å². The molecule has 0 nitrogen and oxygen atoms in total. The SMILES string of the molecule is CC(C)(C)c1ccc(F)cc1. The molecule has 1 rings (SSSR count). The van der Waals surface area contributed by atoms with Crippen molar-refractivity contribution in [1.82, 2.24) is 0 Å². The van der Waals surface area contributed by atoms with Gasteiger partial charge in [-0.15, -0.1) is 0 Å². The lowest BCUT2D eigenvalue weighted by molar-refractivity contribution is 0.583. The van der Waals surface area contributed by atoms with Crippen molar-refractivity contribution in [2.24, 2.45) is 0 Å². The Kier molecular flexibility index (Phi) is 1.99. The van der Waals surface area contributed by atoms with Crippen LogP contribution in [-0.2, 0) is 5.41 Å². The molecule has 0 heterocycles. The van der Waals surface area contributed by atoms with E-state index in [1.165, 1.54) is 17.7 Å². The highest BCUT2D eigenvalue weighted by Gasteiger charge is 2.12. The molecule has 0 N–H and O–H groups in total. The third kappa shape index (κ3) is 2.04. The van der Waals surface area contributed by atoms with Crippen LogP contribution in [0.15, 0.2) is 24.3 Å². The van der Waals surface area contributed by atoms with Crippen LogP contribution < -0.4 is 0 Å². The Morgan fingerprint density at radius 2 is 1.45 bits per heavy atom. The van der Waals surface area contributed by atoms with Crippen LogP contribution in [0.4, 0.5) is 4.39 Å². The molecule has 0 fully saturated rings. The quantitative estimate of drug-likeness (QED) is 0.535. The van der Waals surface area contributed by atoms with Crippen LogP contribution >= 0.6 is 0 Å². The molecule has 1 aromatic rings. The molecular formula is C10H13F. The molecule has 0 bridgehead atoms. The van der Waals surface area contributed by atoms with E-state index in [-0.39, 0.29) is 11.2 Å². The highest BCUT2D eigenvalue weighted by molar-refractivity contribution is 5.22. The first kappa shape index (κ1) is 8.25. The molecule has 0 aliphatic carbocycles. The van der Waals surface area contributed by atoms with Crippen LogP contribution in [0.5, 0.6) is 0 Å². The van der Waals surface area contributed by atoms with E-state index in [9.17, 15) is 4.39 Å². The summed E-state index contributed by atoms with van der Waals surface area (Å²) in [5.41, 5.74) is 1.28. The fourth-order valence-electron chi connectivity index (χ4n) is 0.950. The van der Waals surface area contributed by atoms with Gasteiger partial charge < -0.3 is 0 Å². The first-order valence-electron chi connectivity index (χ1n) is 3.76. The lowest BCUT2D eigenvalue weighted by atomic mass is 9.87. The summed E-state index contributed by atoms with van der Waals surface area (Å²) in [4.78, 5) is 0. The maximum absolute atomic E-state index is 12.5. The van der Waals surface area contributed by atoms with E-state index in [0.29, 0.717) is 0 Å². The van der Waals surface area contributed by atoms with Crippen LogP contribution in [0.1, 0.15) is 26.3 Å². The minimum absolute atomic E-state index is 0.119. The Morgan fingerprint density at radius 3 is 1.82 bits per heavy atom. The average Bonchev–Trinajstić information content (AvgIpc) is 1.86. The summed E-state index contributed by atoms with van der Waals surface area (Å²) in [5.74, 6) is -0.169. The van der Waals surface area contributed by atoms with Crippen LogP contribution in [0, 0.1) is 5.82 Å². The fraction of sp³-hybridized carbons (Fsp3) is 0.400. The number of halogens is 1. The Bertz CT molecular complexity index is 228. The molecule has 0 aliphatic rings. The molecule has 0 saturated carbocycles. The Morgan fingerprint density at radius 1 is 1.00 bits per heavy atom. The molecule has 0 radical (unpaired) electrons. The van der Waals surface area contributed by atoms with Gasteiger partial charge in [-0.1, -0.05) is 32.9 Å². The van der Waals surface area contributed by atoms with Gasteiger partial charge in [-0.25, -0.2) is 4.39 Å². The Labute approximate surface area is 67.1 Å². The highest BCUT2D eigenvalue weighted by Crippen LogP contribution is 2.21. The van der Waals surface area contributed by atoms with Crippen molar-refractivity contribution in [2.45, 2.75) is 26.2 Å². The summed E-state index contributed by atoms with van der Waals surface area (Å²) >= 11 is 0. The van der Waals surface area contributed by atoms with Gasteiger partial charge in [0, 0.05) is 0 Å². The van der Waals surface area contributed by atoms with Crippen LogP contribution in [0.25, 0.3) is 0 Å². The summed E-state index contributed by atoms with van der Waals surface area (Å²) in [6, 6.07) is 6.66. The molecule has 1 heteroatoms. The van der Waals surface area contributed by atoms with Crippen molar-refractivity contribution in [3.05, 3.63) is 35.6 Å². The highest BCUT2D eigenvalue weighted by atomic mass is 19.1. The summed E-state index contributed by atoms with van der Waals surface area (Å²) in [6.45, 7) is 6.33. The zero-order valence-corrected chi connectivity index (χ0v) is 7.19. The van der Waals surface area contributed by atoms with Crippen LogP contribution in [-0.4, -0.2) is 0 Å². The average molecular weight is 152 g/mol. The second kappa shape index (κ2) is 2.65. The van der Waals surface area contributed by atoms with E-state index >= 15 is 0 Å². The molecule has 1 aromatic carbocycles. The topological polar surface area (TPSA) is 0 Å². The lowest BCUT2D eigenvalue weighted by Crippen LogP contribution is -2.10. The van der Waals surface area contributed by atoms with Crippen molar-refractivity contribution in [3.8, 4) is 0 Å². The number of benzene rings is 1. The fourth-order valence-corrected chi connectivity index (χ4v) is 0.950. The summed E-state index contributed by atoms with van der Waals surface area (Å²) in [5, 5.41) is 0. The van der Waals surface area contributed by atoms with E-state index in [1.807, 2.05) is 12.1 Å². The summed E-state index contributed by atoms with van der Waals surface area (Å²) < 4.78 is 12.5. The van der Waals surface area contributed by atoms with Gasteiger partial charge >= 0.3 is 0 Å². The van der Waals surface area contributed by atoms with Crippen LogP contribution in [0.3, 0.4) is 0 Å². The van der Waals surface area contributed by atoms with Gasteiger partial charge in [-0.3, -0.25) is 0 Å². The third-order valence-corrected chi connectivity index (χ3v) is 1.71. The van der Waals surface area contributed by atoms with Gasteiger partial charge in [-0.05, 0) is 23.1 Å². The molecule has 0 spiro atoms. The summed E-state index contributed by atoms with van der Waals surface area (Å²) in [7, 11) is 0. The van der Waals surface area contributed by atoms with Gasteiger partial charge in [0.05, 0.1) is 0 Å². The predicted molar refractivity (Wildman–Crippen MR) is 45.1 cm³/mol. The first-order chi connectivity index (χ1) is 5.00. The summed E-state index contributed by atoms with van der Waals surface area (Å²) in [6.07, 6.45) is 0. The third-order valence-electron chi connectivity index (χ3n) is 1.71. The van der Waals surface area contributed by atoms with Gasteiger partial charge in [0.25, 0.3) is 0 Å². The molecule has 0 unspecified atom stereocenters. The number of hydrogen-bond donors (Lipinski definition) is 0. The number of rotatable bonds is 0. The second-order valence-electron chi connectivity index (χ2n) is 3.76. The molecule has 0 atom stereocenters. The van der Waals surface area contributed by atoms with E-state index < -0.39 is 0 Å². The van der Waals surface area contributed by atoms with Crippen molar-refractivity contribution in [2.75, 3.05) is 0 Å². The predicted octanol–water partition coefficient (Wildman–Crippen LogP) is 3.12. The maximum Gasteiger partial charge on any atom is 0.123 e. The molecule has 0 amide bonds. The zero-order valence-electron chi connectivity index (χ0n) is 7.19. The largest absolute Gasteiger partial charge is 0.207 e. The normalized spacial score (nSPS) is 11.6. The zero-order chi connectivity index (χ0) is 8.48. The van der Waals surface area contributed by atoms with Crippen molar-refractivity contribution < 1.29 is 4.39 Å². The van der Waals surface area contributed by atoms with E-state index in [2.05, 4.69) is 20.8 Å². The molecule has 60 valence electrons. The number of hydrogen-bond acceptors (Lipinski definition) is 0. The van der Waals surface area contributed by atoms with E-state index in [4.69, 9.17) is 0 Å². The van der Waals surface area contributed by atoms with Crippen molar-refractivity contribution in [3.63, 3.8) is 0 Å². The first-order valence-corrected chi connectivity index (χ1v) is 3.76. The van der Waals surface area contributed by atoms with Crippen molar-refractivity contribution >= 4 is 0 Å². The van der Waals surface area contributed by atoms with Gasteiger partial charge in [0.15, 0.2) is 0 Å². The minimum atomic E-state index is -0.169. The Hall–Kier alpha value is -0.850. The van der Waals surface area contributed by atoms with Gasteiger partial charge in [-0.2, -0.15) is 0 Å². The van der Waals surface area contributed by atoms with Gasteiger partial charge in [0.1, 0.15) is 5.82 Å². The molecule has 11 heavy (non-hydrogen) atoms. The molecule has 0 aromatic heterocycles.